The zero-order chi connectivity index (χ0) is 24.0. The molecule has 0 radical (unpaired) electrons. The number of benzene rings is 2. The van der Waals surface area contributed by atoms with Crippen LogP contribution in [0.3, 0.4) is 0 Å². The number of aryl methyl sites for hydroxylation is 1. The highest BCUT2D eigenvalue weighted by Crippen LogP contribution is 2.36. The number of halogens is 2. The van der Waals surface area contributed by atoms with Gasteiger partial charge in [0.15, 0.2) is 0 Å². The third-order valence-corrected chi connectivity index (χ3v) is 6.47. The summed E-state index contributed by atoms with van der Waals surface area (Å²) in [4.78, 5) is 15.4. The summed E-state index contributed by atoms with van der Waals surface area (Å²) in [6.07, 6.45) is 0.711. The molecule has 8 heteroatoms. The van der Waals surface area contributed by atoms with E-state index < -0.39 is 0 Å². The minimum atomic E-state index is -0.159. The Balaban J connectivity index is 1.58. The van der Waals surface area contributed by atoms with Crippen LogP contribution in [-0.4, -0.2) is 36.2 Å². The van der Waals surface area contributed by atoms with E-state index in [9.17, 15) is 4.79 Å². The lowest BCUT2D eigenvalue weighted by Gasteiger charge is -2.27. The number of ether oxygens (including phenoxy) is 1. The van der Waals surface area contributed by atoms with Gasteiger partial charge in [-0.25, -0.2) is 4.52 Å². The van der Waals surface area contributed by atoms with Gasteiger partial charge in [-0.2, -0.15) is 5.10 Å². The van der Waals surface area contributed by atoms with Crippen LogP contribution in [0.5, 0.6) is 5.75 Å². The van der Waals surface area contributed by atoms with Gasteiger partial charge in [-0.1, -0.05) is 41.4 Å². The Kier molecular flexibility index (Phi) is 5.88. The van der Waals surface area contributed by atoms with Crippen LogP contribution in [0.25, 0.3) is 16.6 Å². The zero-order valence-corrected chi connectivity index (χ0v) is 20.6. The highest BCUT2D eigenvalue weighted by Gasteiger charge is 2.26. The van der Waals surface area contributed by atoms with E-state index in [0.717, 1.165) is 33.7 Å². The number of hydrogen-bond donors (Lipinski definition) is 1. The molecule has 34 heavy (non-hydrogen) atoms. The molecule has 0 saturated heterocycles. The average molecular weight is 495 g/mol. The number of amides is 1. The number of fused-ring (bicyclic) bond motifs is 2. The van der Waals surface area contributed by atoms with Gasteiger partial charge in [-0.05, 0) is 48.9 Å². The number of nitrogens with zero attached hydrogens (tertiary/aromatic N) is 3. The van der Waals surface area contributed by atoms with Crippen LogP contribution in [0.15, 0.2) is 54.6 Å². The first-order chi connectivity index (χ1) is 16.3. The van der Waals surface area contributed by atoms with Gasteiger partial charge >= 0.3 is 0 Å². The maximum absolute atomic E-state index is 13.5. The smallest absolute Gasteiger partial charge is 0.255 e. The second kappa shape index (κ2) is 8.85. The lowest BCUT2D eigenvalue weighted by molar-refractivity contribution is 0.0925. The Hall–Kier alpha value is -3.22. The molecular weight excluding hydrogens is 471 g/mol. The molecule has 5 rings (SSSR count). The highest BCUT2D eigenvalue weighted by atomic mass is 35.5. The van der Waals surface area contributed by atoms with E-state index in [1.54, 1.807) is 6.07 Å². The van der Waals surface area contributed by atoms with Crippen LogP contribution in [0.2, 0.25) is 10.0 Å². The van der Waals surface area contributed by atoms with E-state index in [-0.39, 0.29) is 11.9 Å². The van der Waals surface area contributed by atoms with Gasteiger partial charge in [-0.15, -0.1) is 0 Å². The number of carbonyl (C=O) groups is 1. The van der Waals surface area contributed by atoms with E-state index in [1.807, 2.05) is 79.0 Å². The quantitative estimate of drug-likeness (QED) is 0.381. The number of nitrogens with one attached hydrogen (secondary N) is 1. The van der Waals surface area contributed by atoms with Crippen molar-refractivity contribution in [2.75, 3.05) is 25.6 Å². The summed E-state index contributed by atoms with van der Waals surface area (Å²) >= 11 is 12.5. The van der Waals surface area contributed by atoms with Crippen LogP contribution in [0, 0.1) is 6.92 Å². The molecule has 1 atom stereocenters. The number of hydrogen-bond acceptors (Lipinski definition) is 4. The van der Waals surface area contributed by atoms with Gasteiger partial charge in [0.1, 0.15) is 11.6 Å². The number of pyridine rings is 1. The van der Waals surface area contributed by atoms with Crippen LogP contribution in [-0.2, 0) is 0 Å². The predicted octanol–water partition coefficient (Wildman–Crippen LogP) is 5.94. The summed E-state index contributed by atoms with van der Waals surface area (Å²) in [5.41, 5.74) is 5.03. The van der Waals surface area contributed by atoms with Crippen molar-refractivity contribution < 1.29 is 9.53 Å². The van der Waals surface area contributed by atoms with Gasteiger partial charge < -0.3 is 15.0 Å². The molecule has 0 spiro atoms. The van der Waals surface area contributed by atoms with E-state index in [1.165, 1.54) is 0 Å². The van der Waals surface area contributed by atoms with E-state index in [0.29, 0.717) is 34.5 Å². The lowest BCUT2D eigenvalue weighted by Crippen LogP contribution is -2.33. The van der Waals surface area contributed by atoms with Gasteiger partial charge in [0.2, 0.25) is 0 Å². The Labute approximate surface area is 208 Å². The molecule has 0 fully saturated rings. The zero-order valence-electron chi connectivity index (χ0n) is 19.1. The molecule has 3 heterocycles. The molecule has 174 valence electrons. The van der Waals surface area contributed by atoms with E-state index in [4.69, 9.17) is 33.0 Å². The van der Waals surface area contributed by atoms with Crippen LogP contribution in [0.1, 0.15) is 34.1 Å². The van der Waals surface area contributed by atoms with Crippen molar-refractivity contribution in [2.45, 2.75) is 19.4 Å². The summed E-state index contributed by atoms with van der Waals surface area (Å²) in [5, 5.41) is 9.10. The maximum Gasteiger partial charge on any atom is 0.255 e. The molecule has 0 saturated carbocycles. The van der Waals surface area contributed by atoms with Crippen LogP contribution < -0.4 is 15.0 Å². The third-order valence-electron chi connectivity index (χ3n) is 6.03. The number of rotatable bonds is 4. The summed E-state index contributed by atoms with van der Waals surface area (Å²) < 4.78 is 7.55. The molecule has 1 aliphatic rings. The standard InChI is InChI=1S/C26H24Cl2N4O2/c1-15-24(16-12-17(27)14-18(28)13-16)22-9-8-20(26(31(2)3)32(22)30-15)25(33)29-21-10-11-34-23-7-5-4-6-19(21)23/h4-9,12-14,21H,10-11H2,1-3H3,(H,29,33)/t21-/m0/s1. The van der Waals surface area contributed by atoms with Crippen molar-refractivity contribution in [1.29, 1.82) is 0 Å². The second-order valence-electron chi connectivity index (χ2n) is 8.58. The van der Waals surface area contributed by atoms with Crippen molar-refractivity contribution in [1.82, 2.24) is 14.9 Å². The summed E-state index contributed by atoms with van der Waals surface area (Å²) in [6, 6.07) is 16.9. The maximum atomic E-state index is 13.5. The largest absolute Gasteiger partial charge is 0.493 e. The molecule has 2 aromatic carbocycles. The molecule has 0 unspecified atom stereocenters. The number of para-hydroxylation sites is 1. The van der Waals surface area contributed by atoms with Gasteiger partial charge in [0, 0.05) is 41.7 Å². The molecule has 0 bridgehead atoms. The topological polar surface area (TPSA) is 58.9 Å². The normalized spacial score (nSPS) is 15.0. The number of anilines is 1. The first kappa shape index (κ1) is 22.6. The Bertz CT molecular complexity index is 1390. The summed E-state index contributed by atoms with van der Waals surface area (Å²) in [5.74, 6) is 1.35. The lowest BCUT2D eigenvalue weighted by atomic mass is 10.00. The van der Waals surface area contributed by atoms with Crippen molar-refractivity contribution in [2.24, 2.45) is 0 Å². The molecule has 2 aromatic heterocycles. The fraction of sp³-hybridized carbons (Fsp3) is 0.231. The highest BCUT2D eigenvalue weighted by molar-refractivity contribution is 6.35. The SMILES string of the molecule is Cc1nn2c(N(C)C)c(C(=O)N[C@H]3CCOc4ccccc43)ccc2c1-c1cc(Cl)cc(Cl)c1. The minimum Gasteiger partial charge on any atom is -0.493 e. The summed E-state index contributed by atoms with van der Waals surface area (Å²) in [7, 11) is 3.81. The fourth-order valence-corrected chi connectivity index (χ4v) is 5.13. The van der Waals surface area contributed by atoms with Crippen LogP contribution in [0.4, 0.5) is 5.82 Å². The van der Waals surface area contributed by atoms with Gasteiger partial charge in [0.05, 0.1) is 29.4 Å². The van der Waals surface area contributed by atoms with Gasteiger partial charge in [-0.3, -0.25) is 4.79 Å². The molecule has 1 amide bonds. The minimum absolute atomic E-state index is 0.119. The molecule has 6 nitrogen and oxygen atoms in total. The Morgan fingerprint density at radius 2 is 1.85 bits per heavy atom. The third kappa shape index (κ3) is 3.97. The Morgan fingerprint density at radius 1 is 1.12 bits per heavy atom. The molecule has 4 aromatic rings. The van der Waals surface area contributed by atoms with E-state index >= 15 is 0 Å². The van der Waals surface area contributed by atoms with Crippen molar-refractivity contribution in [3.05, 3.63) is 81.5 Å². The average Bonchev–Trinajstić information content (AvgIpc) is 3.13. The second-order valence-corrected chi connectivity index (χ2v) is 9.45. The first-order valence-electron chi connectivity index (χ1n) is 11.0. The fourth-order valence-electron chi connectivity index (χ4n) is 4.60. The first-order valence-corrected chi connectivity index (χ1v) is 11.8. The summed E-state index contributed by atoms with van der Waals surface area (Å²) in [6.45, 7) is 2.50. The molecule has 0 aliphatic carbocycles. The predicted molar refractivity (Wildman–Crippen MR) is 136 cm³/mol. The van der Waals surface area contributed by atoms with Crippen molar-refractivity contribution in [3.8, 4) is 16.9 Å². The van der Waals surface area contributed by atoms with Crippen molar-refractivity contribution >= 4 is 40.4 Å². The number of carbonyl (C=O) groups excluding carboxylic acids is 1. The number of aromatic nitrogens is 2. The van der Waals surface area contributed by atoms with Gasteiger partial charge in [0.25, 0.3) is 5.91 Å². The van der Waals surface area contributed by atoms with Crippen molar-refractivity contribution in [3.63, 3.8) is 0 Å². The Morgan fingerprint density at radius 3 is 2.59 bits per heavy atom. The molecule has 1 aliphatic heterocycles. The molecular formula is C26H24Cl2N4O2. The monoisotopic (exact) mass is 494 g/mol. The van der Waals surface area contributed by atoms with Crippen LogP contribution >= 0.6 is 23.2 Å². The molecule has 1 N–H and O–H groups in total. The van der Waals surface area contributed by atoms with E-state index in [2.05, 4.69) is 5.32 Å².